The summed E-state index contributed by atoms with van der Waals surface area (Å²) in [6.07, 6.45) is 0. The summed E-state index contributed by atoms with van der Waals surface area (Å²) in [5, 5.41) is 3.31. The molecule has 0 bridgehead atoms. The van der Waals surface area contributed by atoms with Crippen LogP contribution in [-0.2, 0) is 4.79 Å². The van der Waals surface area contributed by atoms with Crippen molar-refractivity contribution >= 4 is 23.4 Å². The number of nitrogens with one attached hydrogen (secondary N) is 1. The molecule has 0 unspecified atom stereocenters. The van der Waals surface area contributed by atoms with E-state index >= 15 is 0 Å². The summed E-state index contributed by atoms with van der Waals surface area (Å²) in [7, 11) is 1.68. The first-order valence-electron chi connectivity index (χ1n) is 8.34. The Morgan fingerprint density at radius 2 is 1.69 bits per heavy atom. The van der Waals surface area contributed by atoms with Gasteiger partial charge in [-0.25, -0.2) is 0 Å². The smallest absolute Gasteiger partial charge is 0.251 e. The predicted octanol–water partition coefficient (Wildman–Crippen LogP) is 3.22. The molecule has 1 N–H and O–H groups in total. The molecule has 2 rings (SSSR count). The fraction of sp³-hybridized carbons (Fsp3) is 0.300. The summed E-state index contributed by atoms with van der Waals surface area (Å²) in [6.45, 7) is 4.59. The molecule has 0 aliphatic rings. The van der Waals surface area contributed by atoms with Gasteiger partial charge in [0.25, 0.3) is 5.91 Å². The third kappa shape index (κ3) is 6.08. The van der Waals surface area contributed by atoms with Crippen molar-refractivity contribution in [1.82, 2.24) is 10.2 Å². The standard InChI is InChI=1S/C20H23ClN2O3/c1-14-10-15(2)12-16(11-14)20(25)22-13-19(24)23(3)8-9-26-18-6-4-17(21)5-7-18/h4-7,10-12H,8-9,13H2,1-3H3,(H,22,25). The number of ether oxygens (including phenoxy) is 1. The molecular weight excluding hydrogens is 352 g/mol. The van der Waals surface area contributed by atoms with Gasteiger partial charge in [0.05, 0.1) is 13.1 Å². The predicted molar refractivity (Wildman–Crippen MR) is 103 cm³/mol. The quantitative estimate of drug-likeness (QED) is 0.809. The molecule has 0 spiro atoms. The molecule has 2 aromatic carbocycles. The highest BCUT2D eigenvalue weighted by Gasteiger charge is 2.12. The van der Waals surface area contributed by atoms with Crippen LogP contribution in [0, 0.1) is 13.8 Å². The Morgan fingerprint density at radius 3 is 2.31 bits per heavy atom. The molecule has 0 atom stereocenters. The van der Waals surface area contributed by atoms with E-state index < -0.39 is 0 Å². The van der Waals surface area contributed by atoms with Crippen LogP contribution in [0.3, 0.4) is 0 Å². The van der Waals surface area contributed by atoms with E-state index in [1.54, 1.807) is 43.4 Å². The highest BCUT2D eigenvalue weighted by molar-refractivity contribution is 6.30. The van der Waals surface area contributed by atoms with Crippen LogP contribution >= 0.6 is 11.6 Å². The summed E-state index contributed by atoms with van der Waals surface area (Å²) in [5.74, 6) is 0.261. The monoisotopic (exact) mass is 374 g/mol. The topological polar surface area (TPSA) is 58.6 Å². The molecule has 0 aliphatic heterocycles. The SMILES string of the molecule is Cc1cc(C)cc(C(=O)NCC(=O)N(C)CCOc2ccc(Cl)cc2)c1. The molecule has 0 fully saturated rings. The van der Waals surface area contributed by atoms with Gasteiger partial charge in [0, 0.05) is 17.6 Å². The zero-order valence-electron chi connectivity index (χ0n) is 15.2. The van der Waals surface area contributed by atoms with E-state index in [0.717, 1.165) is 11.1 Å². The molecule has 2 aromatic rings. The van der Waals surface area contributed by atoms with Crippen LogP contribution in [0.5, 0.6) is 5.75 Å². The molecule has 6 heteroatoms. The maximum Gasteiger partial charge on any atom is 0.251 e. The number of carbonyl (C=O) groups excluding carboxylic acids is 2. The molecule has 0 saturated carbocycles. The number of aryl methyl sites for hydroxylation is 2. The number of nitrogens with zero attached hydrogens (tertiary/aromatic N) is 1. The second-order valence-corrected chi connectivity index (χ2v) is 6.61. The lowest BCUT2D eigenvalue weighted by atomic mass is 10.1. The summed E-state index contributed by atoms with van der Waals surface area (Å²) in [4.78, 5) is 25.8. The van der Waals surface area contributed by atoms with Crippen molar-refractivity contribution in [2.45, 2.75) is 13.8 Å². The van der Waals surface area contributed by atoms with Crippen LogP contribution < -0.4 is 10.1 Å². The third-order valence-electron chi connectivity index (χ3n) is 3.82. The molecule has 0 aliphatic carbocycles. The van der Waals surface area contributed by atoms with Gasteiger partial charge in [0.2, 0.25) is 5.91 Å². The van der Waals surface area contributed by atoms with Crippen LogP contribution in [-0.4, -0.2) is 43.5 Å². The maximum absolute atomic E-state index is 12.2. The van der Waals surface area contributed by atoms with Gasteiger partial charge < -0.3 is 15.0 Å². The summed E-state index contributed by atoms with van der Waals surface area (Å²) >= 11 is 5.82. The second-order valence-electron chi connectivity index (χ2n) is 6.18. The van der Waals surface area contributed by atoms with E-state index in [-0.39, 0.29) is 18.4 Å². The van der Waals surface area contributed by atoms with Crippen molar-refractivity contribution in [1.29, 1.82) is 0 Å². The Balaban J connectivity index is 1.75. The van der Waals surface area contributed by atoms with E-state index in [2.05, 4.69) is 5.32 Å². The van der Waals surface area contributed by atoms with Crippen molar-refractivity contribution in [3.05, 3.63) is 64.2 Å². The van der Waals surface area contributed by atoms with E-state index in [1.165, 1.54) is 4.90 Å². The van der Waals surface area contributed by atoms with Crippen LogP contribution in [0.2, 0.25) is 5.02 Å². The maximum atomic E-state index is 12.2. The van der Waals surface area contributed by atoms with E-state index in [0.29, 0.717) is 29.5 Å². The number of amides is 2. The van der Waals surface area contributed by atoms with Gasteiger partial charge in [-0.15, -0.1) is 0 Å². The first-order chi connectivity index (χ1) is 12.3. The third-order valence-corrected chi connectivity index (χ3v) is 4.07. The molecule has 5 nitrogen and oxygen atoms in total. The van der Waals surface area contributed by atoms with Gasteiger partial charge in [-0.05, 0) is 50.2 Å². The number of hydrogen-bond acceptors (Lipinski definition) is 3. The average molecular weight is 375 g/mol. The molecule has 0 radical (unpaired) electrons. The molecule has 138 valence electrons. The molecule has 26 heavy (non-hydrogen) atoms. The average Bonchev–Trinajstić information content (AvgIpc) is 2.60. The van der Waals surface area contributed by atoms with Crippen LogP contribution in [0.4, 0.5) is 0 Å². The molecule has 0 aromatic heterocycles. The number of hydrogen-bond donors (Lipinski definition) is 1. The van der Waals surface area contributed by atoms with Crippen molar-refractivity contribution in [3.8, 4) is 5.75 Å². The van der Waals surface area contributed by atoms with Crippen molar-refractivity contribution in [3.63, 3.8) is 0 Å². The van der Waals surface area contributed by atoms with Crippen LogP contribution in [0.15, 0.2) is 42.5 Å². The molecule has 2 amide bonds. The lowest BCUT2D eigenvalue weighted by Gasteiger charge is -2.18. The second kappa shape index (κ2) is 9.25. The minimum absolute atomic E-state index is 0.0523. The minimum atomic E-state index is -0.254. The Hall–Kier alpha value is -2.53. The Bertz CT molecular complexity index is 755. The van der Waals surface area contributed by atoms with Gasteiger partial charge in [-0.2, -0.15) is 0 Å². The zero-order chi connectivity index (χ0) is 19.1. The Labute approximate surface area is 158 Å². The fourth-order valence-electron chi connectivity index (χ4n) is 2.45. The Kier molecular flexibility index (Phi) is 7.04. The highest BCUT2D eigenvalue weighted by atomic mass is 35.5. The molecule has 0 saturated heterocycles. The van der Waals surface area contributed by atoms with Gasteiger partial charge in [-0.1, -0.05) is 28.8 Å². The normalized spacial score (nSPS) is 10.3. The number of rotatable bonds is 7. The summed E-state index contributed by atoms with van der Waals surface area (Å²) < 4.78 is 5.56. The van der Waals surface area contributed by atoms with E-state index in [1.807, 2.05) is 19.9 Å². The largest absolute Gasteiger partial charge is 0.492 e. The lowest BCUT2D eigenvalue weighted by molar-refractivity contribution is -0.129. The van der Waals surface area contributed by atoms with Gasteiger partial charge in [-0.3, -0.25) is 9.59 Å². The Morgan fingerprint density at radius 1 is 1.08 bits per heavy atom. The van der Waals surface area contributed by atoms with Crippen LogP contribution in [0.25, 0.3) is 0 Å². The number of likely N-dealkylation sites (N-methyl/N-ethyl adjacent to an activating group) is 1. The molecule has 0 heterocycles. The number of halogens is 1. The van der Waals surface area contributed by atoms with Crippen molar-refractivity contribution in [2.24, 2.45) is 0 Å². The van der Waals surface area contributed by atoms with Gasteiger partial charge >= 0.3 is 0 Å². The van der Waals surface area contributed by atoms with Gasteiger partial charge in [0.15, 0.2) is 0 Å². The number of carbonyl (C=O) groups is 2. The first-order valence-corrected chi connectivity index (χ1v) is 8.72. The van der Waals surface area contributed by atoms with Crippen molar-refractivity contribution in [2.75, 3.05) is 26.7 Å². The summed E-state index contributed by atoms with van der Waals surface area (Å²) in [6, 6.07) is 12.6. The van der Waals surface area contributed by atoms with E-state index in [4.69, 9.17) is 16.3 Å². The number of benzene rings is 2. The highest BCUT2D eigenvalue weighted by Crippen LogP contribution is 2.15. The first kappa shape index (κ1) is 19.8. The van der Waals surface area contributed by atoms with Crippen LogP contribution in [0.1, 0.15) is 21.5 Å². The lowest BCUT2D eigenvalue weighted by Crippen LogP contribution is -2.39. The molecular formula is C20H23ClN2O3. The fourth-order valence-corrected chi connectivity index (χ4v) is 2.58. The zero-order valence-corrected chi connectivity index (χ0v) is 16.0. The minimum Gasteiger partial charge on any atom is -0.492 e. The van der Waals surface area contributed by atoms with E-state index in [9.17, 15) is 9.59 Å². The summed E-state index contributed by atoms with van der Waals surface area (Å²) in [5.41, 5.74) is 2.58. The van der Waals surface area contributed by atoms with Crippen molar-refractivity contribution < 1.29 is 14.3 Å². The van der Waals surface area contributed by atoms with Gasteiger partial charge in [0.1, 0.15) is 12.4 Å².